The van der Waals surface area contributed by atoms with Gasteiger partial charge in [0.1, 0.15) is 36.7 Å². The first kappa shape index (κ1) is 28.0. The van der Waals surface area contributed by atoms with Crippen LogP contribution >= 0.6 is 0 Å². The molecule has 11 nitrogen and oxygen atoms in total. The highest BCUT2D eigenvalue weighted by Crippen LogP contribution is 2.35. The van der Waals surface area contributed by atoms with Crippen LogP contribution in [0.3, 0.4) is 0 Å². The number of nitrogens with zero attached hydrogens (tertiary/aromatic N) is 1. The summed E-state index contributed by atoms with van der Waals surface area (Å²) in [5.74, 6) is -0.748. The third kappa shape index (κ3) is 6.87. The van der Waals surface area contributed by atoms with Crippen LogP contribution in [0.15, 0.2) is 18.2 Å². The van der Waals surface area contributed by atoms with Gasteiger partial charge in [-0.3, -0.25) is 9.69 Å². The van der Waals surface area contributed by atoms with E-state index in [4.69, 9.17) is 14.2 Å². The van der Waals surface area contributed by atoms with Crippen molar-refractivity contribution in [1.29, 1.82) is 0 Å². The number of rotatable bonds is 10. The molecule has 0 radical (unpaired) electrons. The number of aliphatic hydroxyl groups excluding tert-OH is 4. The summed E-state index contributed by atoms with van der Waals surface area (Å²) in [6, 6.07) is 5.58. The minimum atomic E-state index is -1.61. The highest BCUT2D eigenvalue weighted by molar-refractivity contribution is 5.78. The van der Waals surface area contributed by atoms with Gasteiger partial charge in [0.05, 0.1) is 13.2 Å². The van der Waals surface area contributed by atoms with E-state index in [1.807, 2.05) is 45.9 Å². The van der Waals surface area contributed by atoms with Gasteiger partial charge in [0.15, 0.2) is 6.29 Å². The number of hydrogen-bond donors (Lipinski definition) is 5. The number of amides is 1. The number of carboxylic acids is 1. The van der Waals surface area contributed by atoms with Crippen LogP contribution in [-0.2, 0) is 14.3 Å². The zero-order valence-corrected chi connectivity index (χ0v) is 19.8. The Balaban J connectivity index is 2.12. The summed E-state index contributed by atoms with van der Waals surface area (Å²) in [7, 11) is 0. The van der Waals surface area contributed by atoms with Crippen LogP contribution < -0.4 is 4.74 Å². The van der Waals surface area contributed by atoms with Crippen molar-refractivity contribution in [3.8, 4) is 5.75 Å². The Labute approximate surface area is 198 Å². The molecule has 0 spiro atoms. The van der Waals surface area contributed by atoms with Gasteiger partial charge in [-0.15, -0.1) is 0 Å². The smallest absolute Gasteiger partial charge is 0.415 e. The van der Waals surface area contributed by atoms with Gasteiger partial charge in [-0.05, 0) is 23.0 Å². The van der Waals surface area contributed by atoms with Crippen LogP contribution in [0.4, 0.5) is 4.79 Å². The summed E-state index contributed by atoms with van der Waals surface area (Å²) in [6.07, 6.45) is -8.18. The summed E-state index contributed by atoms with van der Waals surface area (Å²) in [5.41, 5.74) is 1.62. The molecule has 0 unspecified atom stereocenters. The molecule has 5 atom stereocenters. The number of hydrogen-bond acceptors (Lipinski definition) is 9. The van der Waals surface area contributed by atoms with Gasteiger partial charge >= 0.3 is 12.1 Å². The molecule has 1 aliphatic rings. The van der Waals surface area contributed by atoms with E-state index in [1.54, 1.807) is 0 Å². The van der Waals surface area contributed by atoms with Crippen molar-refractivity contribution in [3.63, 3.8) is 0 Å². The molecule has 5 N–H and O–H groups in total. The van der Waals surface area contributed by atoms with Crippen molar-refractivity contribution in [2.75, 3.05) is 26.3 Å². The average molecular weight is 486 g/mol. The number of benzene rings is 1. The Morgan fingerprint density at radius 3 is 2.12 bits per heavy atom. The molecule has 0 saturated carbocycles. The lowest BCUT2D eigenvalue weighted by molar-refractivity contribution is -0.301. The summed E-state index contributed by atoms with van der Waals surface area (Å²) >= 11 is 0. The zero-order valence-electron chi connectivity index (χ0n) is 19.8. The van der Waals surface area contributed by atoms with E-state index in [0.29, 0.717) is 5.75 Å². The number of para-hydroxylation sites is 1. The van der Waals surface area contributed by atoms with Gasteiger partial charge in [-0.1, -0.05) is 45.9 Å². The van der Waals surface area contributed by atoms with Crippen molar-refractivity contribution >= 4 is 12.1 Å². The number of aliphatic hydroxyl groups is 4. The molecule has 1 aromatic carbocycles. The minimum Gasteiger partial charge on any atom is -0.480 e. The second-order valence-electron chi connectivity index (χ2n) is 8.83. The molecule has 0 bridgehead atoms. The molecule has 0 aliphatic carbocycles. The van der Waals surface area contributed by atoms with Gasteiger partial charge < -0.3 is 39.7 Å². The lowest BCUT2D eigenvalue weighted by Gasteiger charge is -2.39. The van der Waals surface area contributed by atoms with E-state index in [1.165, 1.54) is 0 Å². The molecule has 192 valence electrons. The SMILES string of the molecule is CC(C)c1cccc(C(C)C)c1OC(=O)N(CCO[C@@H]1O[C@H](CO)[C@@H](O)[C@H](O)[C@H]1O)CC(=O)O. The summed E-state index contributed by atoms with van der Waals surface area (Å²) in [6.45, 7) is 6.07. The molecule has 1 amide bonds. The predicted octanol–water partition coefficient (Wildman–Crippen LogP) is 0.635. The first-order valence-corrected chi connectivity index (χ1v) is 11.2. The molecule has 2 rings (SSSR count). The van der Waals surface area contributed by atoms with Gasteiger partial charge in [-0.25, -0.2) is 4.79 Å². The van der Waals surface area contributed by atoms with Gasteiger partial charge in [0, 0.05) is 6.54 Å². The number of carbonyl (C=O) groups is 2. The van der Waals surface area contributed by atoms with Crippen molar-refractivity contribution in [3.05, 3.63) is 29.3 Å². The Hall–Kier alpha value is -2.28. The minimum absolute atomic E-state index is 0.0592. The standard InChI is InChI=1S/C23H35NO10/c1-12(2)14-6-5-7-15(13(3)4)21(14)34-23(31)24(10-17(26)27)8-9-32-22-20(30)19(29)18(28)16(11-25)33-22/h5-7,12-13,16,18-20,22,25,28-30H,8-11H2,1-4H3,(H,26,27)/t16-,18-,19+,20-,22-/m1/s1. The third-order valence-corrected chi connectivity index (χ3v) is 5.59. The van der Waals surface area contributed by atoms with Crippen molar-refractivity contribution in [2.45, 2.75) is 70.2 Å². The van der Waals surface area contributed by atoms with Gasteiger partial charge in [0.25, 0.3) is 0 Å². The first-order chi connectivity index (χ1) is 16.0. The highest BCUT2D eigenvalue weighted by atomic mass is 16.7. The fourth-order valence-electron chi connectivity index (χ4n) is 3.63. The second-order valence-corrected chi connectivity index (χ2v) is 8.83. The van der Waals surface area contributed by atoms with Crippen LogP contribution in [-0.4, -0.2) is 99.5 Å². The van der Waals surface area contributed by atoms with Crippen LogP contribution in [0.25, 0.3) is 0 Å². The highest BCUT2D eigenvalue weighted by Gasteiger charge is 2.44. The van der Waals surface area contributed by atoms with E-state index < -0.39 is 55.9 Å². The van der Waals surface area contributed by atoms with Crippen LogP contribution in [0, 0.1) is 0 Å². The average Bonchev–Trinajstić information content (AvgIpc) is 2.77. The Morgan fingerprint density at radius 2 is 1.62 bits per heavy atom. The van der Waals surface area contributed by atoms with Gasteiger partial charge in [-0.2, -0.15) is 0 Å². The lowest BCUT2D eigenvalue weighted by atomic mass is 9.94. The number of carbonyl (C=O) groups excluding carboxylic acids is 1. The van der Waals surface area contributed by atoms with E-state index in [9.17, 15) is 35.1 Å². The molecule has 1 aromatic rings. The predicted molar refractivity (Wildman–Crippen MR) is 120 cm³/mol. The van der Waals surface area contributed by atoms with Crippen LogP contribution in [0.5, 0.6) is 5.75 Å². The quantitative estimate of drug-likeness (QED) is 0.317. The lowest BCUT2D eigenvalue weighted by Crippen LogP contribution is -2.59. The Bertz CT molecular complexity index is 802. The van der Waals surface area contributed by atoms with Crippen LogP contribution in [0.2, 0.25) is 0 Å². The van der Waals surface area contributed by atoms with Crippen LogP contribution in [0.1, 0.15) is 50.7 Å². The van der Waals surface area contributed by atoms with Crippen molar-refractivity contribution < 1.29 is 49.3 Å². The van der Waals surface area contributed by atoms with Crippen molar-refractivity contribution in [2.24, 2.45) is 0 Å². The Morgan fingerprint density at radius 1 is 1.03 bits per heavy atom. The fourth-order valence-corrected chi connectivity index (χ4v) is 3.63. The molecular weight excluding hydrogens is 450 g/mol. The van der Waals surface area contributed by atoms with E-state index >= 15 is 0 Å². The topological polar surface area (TPSA) is 166 Å². The maximum absolute atomic E-state index is 12.9. The van der Waals surface area contributed by atoms with Crippen molar-refractivity contribution in [1.82, 2.24) is 4.90 Å². The first-order valence-electron chi connectivity index (χ1n) is 11.2. The molecule has 34 heavy (non-hydrogen) atoms. The fraction of sp³-hybridized carbons (Fsp3) is 0.652. The summed E-state index contributed by atoms with van der Waals surface area (Å²) < 4.78 is 16.3. The molecule has 0 aromatic heterocycles. The largest absolute Gasteiger partial charge is 0.480 e. The number of aliphatic carboxylic acids is 1. The summed E-state index contributed by atoms with van der Waals surface area (Å²) in [4.78, 5) is 25.2. The van der Waals surface area contributed by atoms with E-state index in [-0.39, 0.29) is 25.0 Å². The summed E-state index contributed by atoms with van der Waals surface area (Å²) in [5, 5.41) is 48.3. The maximum Gasteiger partial charge on any atom is 0.415 e. The molecule has 1 aliphatic heterocycles. The monoisotopic (exact) mass is 485 g/mol. The zero-order chi connectivity index (χ0) is 25.6. The molecular formula is C23H35NO10. The molecule has 1 heterocycles. The Kier molecular flexibility index (Phi) is 10.2. The van der Waals surface area contributed by atoms with E-state index in [2.05, 4.69) is 0 Å². The third-order valence-electron chi connectivity index (χ3n) is 5.59. The molecule has 11 heteroatoms. The van der Waals surface area contributed by atoms with E-state index in [0.717, 1.165) is 16.0 Å². The molecule has 1 fully saturated rings. The number of carboxylic acid groups (broad SMARTS) is 1. The number of ether oxygens (including phenoxy) is 3. The second kappa shape index (κ2) is 12.4. The maximum atomic E-state index is 12.9. The molecule has 1 saturated heterocycles. The normalized spacial score (nSPS) is 24.9. The van der Waals surface area contributed by atoms with Gasteiger partial charge in [0.2, 0.25) is 0 Å².